The zero-order chi connectivity index (χ0) is 17.4. The topological polar surface area (TPSA) is 69.3 Å². The van der Waals surface area contributed by atoms with Gasteiger partial charge in [-0.05, 0) is 24.3 Å². The molecular formula is C17H15ClN4O2S. The first-order valence-corrected chi connectivity index (χ1v) is 9.08. The quantitative estimate of drug-likeness (QED) is 0.748. The number of aromatic nitrogens is 2. The minimum Gasteiger partial charge on any atom is -0.368 e. The number of benzene rings is 1. The molecule has 1 N–H and O–H groups in total. The smallest absolute Gasteiger partial charge is 0.264 e. The first-order valence-electron chi connectivity index (χ1n) is 7.89. The molecule has 1 saturated heterocycles. The summed E-state index contributed by atoms with van der Waals surface area (Å²) < 4.78 is 0. The SMILES string of the molecule is O=C(c1cc2c(=O)[nH]cnc2s1)N1CCN(c2cccc(Cl)c2)CC1. The molecule has 25 heavy (non-hydrogen) atoms. The van der Waals surface area contributed by atoms with Gasteiger partial charge in [0.1, 0.15) is 4.83 Å². The molecule has 0 unspecified atom stereocenters. The number of hydrogen-bond donors (Lipinski definition) is 1. The van der Waals surface area contributed by atoms with Crippen LogP contribution >= 0.6 is 22.9 Å². The highest BCUT2D eigenvalue weighted by molar-refractivity contribution is 7.20. The molecule has 0 spiro atoms. The van der Waals surface area contributed by atoms with Crippen LogP contribution in [0.15, 0.2) is 41.5 Å². The third-order valence-corrected chi connectivity index (χ3v) is 5.55. The molecule has 1 aromatic carbocycles. The fraction of sp³-hybridized carbons (Fsp3) is 0.235. The highest BCUT2D eigenvalue weighted by atomic mass is 35.5. The molecule has 1 aliphatic rings. The van der Waals surface area contributed by atoms with Crippen molar-refractivity contribution in [1.29, 1.82) is 0 Å². The lowest BCUT2D eigenvalue weighted by atomic mass is 10.2. The number of piperazine rings is 1. The second kappa shape index (κ2) is 6.50. The maximum Gasteiger partial charge on any atom is 0.264 e. The molecule has 0 radical (unpaired) electrons. The van der Waals surface area contributed by atoms with Crippen molar-refractivity contribution in [3.63, 3.8) is 0 Å². The summed E-state index contributed by atoms with van der Waals surface area (Å²) in [5.74, 6) is -0.0480. The van der Waals surface area contributed by atoms with Crippen LogP contribution in [-0.4, -0.2) is 47.0 Å². The molecule has 1 fully saturated rings. The Bertz CT molecular complexity index is 991. The summed E-state index contributed by atoms with van der Waals surface area (Å²) >= 11 is 7.31. The molecule has 0 atom stereocenters. The number of amides is 1. The Morgan fingerprint density at radius 1 is 1.20 bits per heavy atom. The standard InChI is InChI=1S/C17H15ClN4O2S/c18-11-2-1-3-12(8-11)21-4-6-22(7-5-21)17(24)14-9-13-15(23)19-10-20-16(13)25-14/h1-3,8-10H,4-7H2,(H,19,20,23). The van der Waals surface area contributed by atoms with Crippen LogP contribution in [-0.2, 0) is 0 Å². The van der Waals surface area contributed by atoms with Crippen LogP contribution in [0.3, 0.4) is 0 Å². The van der Waals surface area contributed by atoms with Gasteiger partial charge in [0, 0.05) is 36.9 Å². The number of hydrogen-bond acceptors (Lipinski definition) is 5. The Morgan fingerprint density at radius 2 is 2.00 bits per heavy atom. The molecule has 0 aliphatic carbocycles. The van der Waals surface area contributed by atoms with Crippen LogP contribution in [0.25, 0.3) is 10.2 Å². The summed E-state index contributed by atoms with van der Waals surface area (Å²) in [4.78, 5) is 36.3. The zero-order valence-corrected chi connectivity index (χ0v) is 14.8. The van der Waals surface area contributed by atoms with Crippen LogP contribution < -0.4 is 10.5 Å². The van der Waals surface area contributed by atoms with E-state index < -0.39 is 0 Å². The van der Waals surface area contributed by atoms with Crippen molar-refractivity contribution in [3.05, 3.63) is 56.9 Å². The summed E-state index contributed by atoms with van der Waals surface area (Å²) in [5, 5.41) is 1.17. The first-order chi connectivity index (χ1) is 12.1. The molecule has 3 heterocycles. The van der Waals surface area contributed by atoms with Crippen LogP contribution in [0.5, 0.6) is 0 Å². The van der Waals surface area contributed by atoms with E-state index in [1.54, 1.807) is 6.07 Å². The van der Waals surface area contributed by atoms with Crippen molar-refractivity contribution in [2.45, 2.75) is 0 Å². The van der Waals surface area contributed by atoms with Crippen LogP contribution in [0.2, 0.25) is 5.02 Å². The average molecular weight is 375 g/mol. The first kappa shape index (κ1) is 16.1. The molecule has 0 saturated carbocycles. The minimum atomic E-state index is -0.217. The fourth-order valence-corrected chi connectivity index (χ4v) is 4.12. The maximum atomic E-state index is 12.7. The monoisotopic (exact) mass is 374 g/mol. The largest absolute Gasteiger partial charge is 0.368 e. The number of nitrogens with zero attached hydrogens (tertiary/aromatic N) is 3. The number of nitrogens with one attached hydrogen (secondary N) is 1. The average Bonchev–Trinajstić information content (AvgIpc) is 3.07. The number of thiophene rings is 1. The van der Waals surface area contributed by atoms with Crippen molar-refractivity contribution in [3.8, 4) is 0 Å². The third kappa shape index (κ3) is 3.12. The number of halogens is 1. The number of aromatic amines is 1. The Labute approximate surface area is 152 Å². The molecule has 6 nitrogen and oxygen atoms in total. The molecule has 1 amide bonds. The number of H-pyrrole nitrogens is 1. The predicted octanol–water partition coefficient (Wildman–Crippen LogP) is 2.60. The molecule has 2 aromatic heterocycles. The molecule has 3 aromatic rings. The van der Waals surface area contributed by atoms with Crippen molar-refractivity contribution < 1.29 is 4.79 Å². The van der Waals surface area contributed by atoms with E-state index in [1.165, 1.54) is 17.7 Å². The second-order valence-electron chi connectivity index (χ2n) is 5.82. The Balaban J connectivity index is 1.49. The Hall–Kier alpha value is -2.38. The highest BCUT2D eigenvalue weighted by Gasteiger charge is 2.24. The summed E-state index contributed by atoms with van der Waals surface area (Å²) in [6.07, 6.45) is 1.36. The fourth-order valence-electron chi connectivity index (χ4n) is 2.97. The number of anilines is 1. The van der Waals surface area contributed by atoms with Gasteiger partial charge < -0.3 is 14.8 Å². The van der Waals surface area contributed by atoms with E-state index >= 15 is 0 Å². The van der Waals surface area contributed by atoms with Crippen molar-refractivity contribution in [2.75, 3.05) is 31.1 Å². The second-order valence-corrected chi connectivity index (χ2v) is 7.29. The summed E-state index contributed by atoms with van der Waals surface area (Å²) in [6.45, 7) is 2.75. The lowest BCUT2D eigenvalue weighted by molar-refractivity contribution is 0.0751. The molecule has 1 aliphatic heterocycles. The van der Waals surface area contributed by atoms with Gasteiger partial charge in [0.25, 0.3) is 11.5 Å². The molecule has 0 bridgehead atoms. The van der Waals surface area contributed by atoms with E-state index in [9.17, 15) is 9.59 Å². The van der Waals surface area contributed by atoms with Gasteiger partial charge in [0.05, 0.1) is 16.6 Å². The van der Waals surface area contributed by atoms with E-state index in [-0.39, 0.29) is 11.5 Å². The highest BCUT2D eigenvalue weighted by Crippen LogP contribution is 2.24. The summed E-state index contributed by atoms with van der Waals surface area (Å²) in [6, 6.07) is 9.37. The minimum absolute atomic E-state index is 0.0480. The zero-order valence-electron chi connectivity index (χ0n) is 13.2. The molecule has 128 valence electrons. The van der Waals surface area contributed by atoms with E-state index in [2.05, 4.69) is 14.9 Å². The van der Waals surface area contributed by atoms with Gasteiger partial charge in [-0.3, -0.25) is 9.59 Å². The lowest BCUT2D eigenvalue weighted by Gasteiger charge is -2.36. The van der Waals surface area contributed by atoms with Gasteiger partial charge in [0.2, 0.25) is 0 Å². The van der Waals surface area contributed by atoms with Gasteiger partial charge in [-0.15, -0.1) is 11.3 Å². The Kier molecular flexibility index (Phi) is 4.19. The molecular weight excluding hydrogens is 360 g/mol. The van der Waals surface area contributed by atoms with Gasteiger partial charge >= 0.3 is 0 Å². The van der Waals surface area contributed by atoms with Crippen LogP contribution in [0.4, 0.5) is 5.69 Å². The van der Waals surface area contributed by atoms with Gasteiger partial charge in [-0.25, -0.2) is 4.98 Å². The number of fused-ring (bicyclic) bond motifs is 1. The van der Waals surface area contributed by atoms with E-state index in [4.69, 9.17) is 11.6 Å². The van der Waals surface area contributed by atoms with Crippen LogP contribution in [0, 0.1) is 0 Å². The van der Waals surface area contributed by atoms with E-state index in [0.717, 1.165) is 18.8 Å². The number of carbonyl (C=O) groups excluding carboxylic acids is 1. The van der Waals surface area contributed by atoms with E-state index in [1.807, 2.05) is 29.2 Å². The van der Waals surface area contributed by atoms with E-state index in [0.29, 0.717) is 33.2 Å². The summed E-state index contributed by atoms with van der Waals surface area (Å²) in [7, 11) is 0. The van der Waals surface area contributed by atoms with Crippen molar-refractivity contribution >= 4 is 44.7 Å². The van der Waals surface area contributed by atoms with Crippen LogP contribution in [0.1, 0.15) is 9.67 Å². The third-order valence-electron chi connectivity index (χ3n) is 4.29. The molecule has 4 rings (SSSR count). The maximum absolute atomic E-state index is 12.7. The molecule has 8 heteroatoms. The summed E-state index contributed by atoms with van der Waals surface area (Å²) in [5.41, 5.74) is 0.850. The van der Waals surface area contributed by atoms with Crippen molar-refractivity contribution in [2.24, 2.45) is 0 Å². The van der Waals surface area contributed by atoms with Crippen molar-refractivity contribution in [1.82, 2.24) is 14.9 Å². The van der Waals surface area contributed by atoms with Gasteiger partial charge in [0.15, 0.2) is 0 Å². The lowest BCUT2D eigenvalue weighted by Crippen LogP contribution is -2.48. The Morgan fingerprint density at radius 3 is 2.72 bits per heavy atom. The number of carbonyl (C=O) groups is 1. The predicted molar refractivity (Wildman–Crippen MR) is 99.8 cm³/mol. The van der Waals surface area contributed by atoms with Gasteiger partial charge in [-0.2, -0.15) is 0 Å². The normalized spacial score (nSPS) is 14.9. The number of rotatable bonds is 2. The van der Waals surface area contributed by atoms with Gasteiger partial charge in [-0.1, -0.05) is 17.7 Å².